The third-order valence-corrected chi connectivity index (χ3v) is 2.97. The molecule has 0 bridgehead atoms. The highest BCUT2D eigenvalue weighted by Gasteiger charge is 2.08. The molecule has 1 aromatic carbocycles. The highest BCUT2D eigenvalue weighted by molar-refractivity contribution is 7.17. The standard InChI is InChI=1S/C10H8O3S/c1-13-9-3-10-7(2-6(9)4-11)8(12)5-14-10/h2-5,12H,1H3. The maximum Gasteiger partial charge on any atom is 0.153 e. The molecule has 0 radical (unpaired) electrons. The van der Waals surface area contributed by atoms with Gasteiger partial charge in [-0.25, -0.2) is 0 Å². The average molecular weight is 208 g/mol. The van der Waals surface area contributed by atoms with E-state index < -0.39 is 0 Å². The fraction of sp³-hybridized carbons (Fsp3) is 0.100. The summed E-state index contributed by atoms with van der Waals surface area (Å²) in [5, 5.41) is 11.8. The minimum atomic E-state index is 0.204. The summed E-state index contributed by atoms with van der Waals surface area (Å²) in [7, 11) is 1.52. The predicted octanol–water partition coefficient (Wildman–Crippen LogP) is 2.43. The topological polar surface area (TPSA) is 46.5 Å². The fourth-order valence-corrected chi connectivity index (χ4v) is 2.16. The van der Waals surface area contributed by atoms with Gasteiger partial charge in [-0.05, 0) is 12.1 Å². The molecule has 0 saturated heterocycles. The summed E-state index contributed by atoms with van der Waals surface area (Å²) in [6, 6.07) is 3.39. The second kappa shape index (κ2) is 3.31. The number of thiophene rings is 1. The number of fused-ring (bicyclic) bond motifs is 1. The minimum Gasteiger partial charge on any atom is -0.506 e. The molecule has 0 fully saturated rings. The summed E-state index contributed by atoms with van der Waals surface area (Å²) in [5.74, 6) is 0.741. The molecule has 0 unspecified atom stereocenters. The smallest absolute Gasteiger partial charge is 0.153 e. The molecule has 2 aromatic rings. The van der Waals surface area contributed by atoms with Crippen molar-refractivity contribution in [2.24, 2.45) is 0 Å². The maximum atomic E-state index is 10.7. The molecule has 72 valence electrons. The van der Waals surface area contributed by atoms with E-state index in [1.54, 1.807) is 17.5 Å². The average Bonchev–Trinajstić information content (AvgIpc) is 2.58. The van der Waals surface area contributed by atoms with Crippen molar-refractivity contribution in [1.82, 2.24) is 0 Å². The molecular formula is C10H8O3S. The molecule has 3 nitrogen and oxygen atoms in total. The van der Waals surface area contributed by atoms with Gasteiger partial charge < -0.3 is 9.84 Å². The fourth-order valence-electron chi connectivity index (χ4n) is 1.33. The second-order valence-corrected chi connectivity index (χ2v) is 3.74. The number of carbonyl (C=O) groups is 1. The van der Waals surface area contributed by atoms with E-state index in [0.717, 1.165) is 11.0 Å². The Morgan fingerprint density at radius 3 is 2.93 bits per heavy atom. The van der Waals surface area contributed by atoms with Crippen LogP contribution in [0.2, 0.25) is 0 Å². The summed E-state index contributed by atoms with van der Waals surface area (Å²) in [6.07, 6.45) is 0.718. The molecule has 1 heterocycles. The van der Waals surface area contributed by atoms with E-state index in [1.807, 2.05) is 0 Å². The Kier molecular flexibility index (Phi) is 2.13. The van der Waals surface area contributed by atoms with Crippen molar-refractivity contribution < 1.29 is 14.6 Å². The number of benzene rings is 1. The van der Waals surface area contributed by atoms with Gasteiger partial charge in [0.15, 0.2) is 6.29 Å². The van der Waals surface area contributed by atoms with Crippen molar-refractivity contribution in [3.05, 3.63) is 23.1 Å². The Labute approximate surface area is 84.6 Å². The third-order valence-electron chi connectivity index (χ3n) is 2.03. The zero-order valence-corrected chi connectivity index (χ0v) is 8.30. The molecule has 2 rings (SSSR count). The minimum absolute atomic E-state index is 0.204. The number of carbonyl (C=O) groups excluding carboxylic acids is 1. The van der Waals surface area contributed by atoms with Gasteiger partial charge in [0.2, 0.25) is 0 Å². The van der Waals surface area contributed by atoms with Crippen LogP contribution in [0.1, 0.15) is 10.4 Å². The molecule has 1 aromatic heterocycles. The van der Waals surface area contributed by atoms with E-state index in [0.29, 0.717) is 16.7 Å². The van der Waals surface area contributed by atoms with Gasteiger partial charge in [0, 0.05) is 15.5 Å². The molecule has 4 heteroatoms. The van der Waals surface area contributed by atoms with E-state index in [9.17, 15) is 9.90 Å². The van der Waals surface area contributed by atoms with Crippen LogP contribution in [0.5, 0.6) is 11.5 Å². The number of aromatic hydroxyl groups is 1. The third kappa shape index (κ3) is 1.24. The van der Waals surface area contributed by atoms with E-state index in [-0.39, 0.29) is 5.75 Å². The number of hydrogen-bond donors (Lipinski definition) is 1. The highest BCUT2D eigenvalue weighted by atomic mass is 32.1. The Morgan fingerprint density at radius 1 is 1.50 bits per heavy atom. The van der Waals surface area contributed by atoms with Gasteiger partial charge in [-0.2, -0.15) is 0 Å². The predicted molar refractivity (Wildman–Crippen MR) is 55.4 cm³/mol. The summed E-state index contributed by atoms with van der Waals surface area (Å²) >= 11 is 1.42. The Hall–Kier alpha value is -1.55. The van der Waals surface area contributed by atoms with Crippen molar-refractivity contribution in [1.29, 1.82) is 0 Å². The first-order valence-corrected chi connectivity index (χ1v) is 4.87. The Bertz CT molecular complexity index is 487. The number of methoxy groups -OCH3 is 1. The first kappa shape index (κ1) is 9.02. The van der Waals surface area contributed by atoms with Gasteiger partial charge in [0.25, 0.3) is 0 Å². The van der Waals surface area contributed by atoms with Gasteiger partial charge in [-0.15, -0.1) is 11.3 Å². The lowest BCUT2D eigenvalue weighted by Crippen LogP contribution is -1.89. The largest absolute Gasteiger partial charge is 0.506 e. The van der Waals surface area contributed by atoms with Crippen molar-refractivity contribution in [3.63, 3.8) is 0 Å². The highest BCUT2D eigenvalue weighted by Crippen LogP contribution is 2.35. The number of hydrogen-bond acceptors (Lipinski definition) is 4. The van der Waals surface area contributed by atoms with Crippen LogP contribution in [0, 0.1) is 0 Å². The lowest BCUT2D eigenvalue weighted by molar-refractivity contribution is 0.112. The van der Waals surface area contributed by atoms with Crippen molar-refractivity contribution >= 4 is 27.7 Å². The van der Waals surface area contributed by atoms with E-state index in [4.69, 9.17) is 4.74 Å². The molecule has 0 spiro atoms. The molecule has 0 aliphatic carbocycles. The number of aldehydes is 1. The van der Waals surface area contributed by atoms with Crippen LogP contribution < -0.4 is 4.74 Å². The van der Waals surface area contributed by atoms with Crippen molar-refractivity contribution in [3.8, 4) is 11.5 Å². The zero-order chi connectivity index (χ0) is 10.1. The van der Waals surface area contributed by atoms with E-state index >= 15 is 0 Å². The summed E-state index contributed by atoms with van der Waals surface area (Å²) in [5.41, 5.74) is 0.453. The quantitative estimate of drug-likeness (QED) is 0.771. The molecule has 0 amide bonds. The second-order valence-electron chi connectivity index (χ2n) is 2.83. The first-order chi connectivity index (χ1) is 6.76. The molecule has 0 aliphatic heterocycles. The Morgan fingerprint density at radius 2 is 2.29 bits per heavy atom. The first-order valence-electron chi connectivity index (χ1n) is 3.99. The summed E-state index contributed by atoms with van der Waals surface area (Å²) in [4.78, 5) is 10.7. The summed E-state index contributed by atoms with van der Waals surface area (Å²) in [6.45, 7) is 0. The Balaban J connectivity index is 2.77. The van der Waals surface area contributed by atoms with Gasteiger partial charge in [-0.1, -0.05) is 0 Å². The molecule has 0 saturated carbocycles. The van der Waals surface area contributed by atoms with Crippen LogP contribution in [0.4, 0.5) is 0 Å². The molecule has 0 aliphatic rings. The van der Waals surface area contributed by atoms with Crippen LogP contribution in [-0.2, 0) is 0 Å². The van der Waals surface area contributed by atoms with Gasteiger partial charge in [0.05, 0.1) is 12.7 Å². The van der Waals surface area contributed by atoms with Gasteiger partial charge in [0.1, 0.15) is 11.5 Å². The van der Waals surface area contributed by atoms with Crippen LogP contribution in [0.3, 0.4) is 0 Å². The van der Waals surface area contributed by atoms with Crippen LogP contribution >= 0.6 is 11.3 Å². The van der Waals surface area contributed by atoms with Crippen LogP contribution in [-0.4, -0.2) is 18.5 Å². The lowest BCUT2D eigenvalue weighted by Gasteiger charge is -2.02. The molecule has 1 N–H and O–H groups in total. The lowest BCUT2D eigenvalue weighted by atomic mass is 10.1. The zero-order valence-electron chi connectivity index (χ0n) is 7.48. The molecule has 14 heavy (non-hydrogen) atoms. The van der Waals surface area contributed by atoms with E-state index in [2.05, 4.69) is 0 Å². The van der Waals surface area contributed by atoms with Crippen LogP contribution in [0.15, 0.2) is 17.5 Å². The van der Waals surface area contributed by atoms with E-state index in [1.165, 1.54) is 18.4 Å². The SMILES string of the molecule is COc1cc2scc(O)c2cc1C=O. The number of rotatable bonds is 2. The normalized spacial score (nSPS) is 10.4. The number of ether oxygens (including phenoxy) is 1. The molecular weight excluding hydrogens is 200 g/mol. The van der Waals surface area contributed by atoms with Crippen LogP contribution in [0.25, 0.3) is 10.1 Å². The maximum absolute atomic E-state index is 10.7. The van der Waals surface area contributed by atoms with Gasteiger partial charge in [-0.3, -0.25) is 4.79 Å². The van der Waals surface area contributed by atoms with Crippen molar-refractivity contribution in [2.45, 2.75) is 0 Å². The van der Waals surface area contributed by atoms with Crippen molar-refractivity contribution in [2.75, 3.05) is 7.11 Å². The summed E-state index contributed by atoms with van der Waals surface area (Å²) < 4.78 is 5.95. The monoisotopic (exact) mass is 208 g/mol. The van der Waals surface area contributed by atoms with Gasteiger partial charge >= 0.3 is 0 Å². The molecule has 0 atom stereocenters.